The molecule has 0 amide bonds. The monoisotopic (exact) mass is 396 g/mol. The van der Waals surface area contributed by atoms with Crippen LogP contribution in [0, 0.1) is 5.92 Å². The molecular formula is C19H28N2O5S. The highest BCUT2D eigenvalue weighted by atomic mass is 32.2. The number of ketones is 1. The van der Waals surface area contributed by atoms with E-state index in [-0.39, 0.29) is 29.4 Å². The van der Waals surface area contributed by atoms with Crippen LogP contribution < -0.4 is 9.62 Å². The maximum atomic E-state index is 12.8. The smallest absolute Gasteiger partial charge is 0.324 e. The van der Waals surface area contributed by atoms with Gasteiger partial charge in [0.15, 0.2) is 0 Å². The van der Waals surface area contributed by atoms with E-state index in [2.05, 4.69) is 4.72 Å². The summed E-state index contributed by atoms with van der Waals surface area (Å²) in [4.78, 5) is 25.2. The maximum Gasteiger partial charge on any atom is 0.324 e. The van der Waals surface area contributed by atoms with Gasteiger partial charge in [-0.15, -0.1) is 0 Å². The molecule has 1 aliphatic heterocycles. The highest BCUT2D eigenvalue weighted by molar-refractivity contribution is 7.89. The van der Waals surface area contributed by atoms with Gasteiger partial charge in [-0.3, -0.25) is 9.59 Å². The van der Waals surface area contributed by atoms with E-state index in [1.807, 2.05) is 18.7 Å². The molecule has 8 heteroatoms. The van der Waals surface area contributed by atoms with Crippen molar-refractivity contribution in [1.82, 2.24) is 4.72 Å². The standard InChI is InChI=1S/C19H28N2O5S/c1-4-19(18(23)24,13-14(2)3)20-27(25,26)17-7-5-15(6-8-17)21-11-9-16(22)10-12-21/h5-8,14,20H,4,9-13H2,1-3H3,(H,23,24)/t19-/m0/s1. The zero-order chi connectivity index (χ0) is 20.2. The van der Waals surface area contributed by atoms with E-state index in [4.69, 9.17) is 0 Å². The van der Waals surface area contributed by atoms with Gasteiger partial charge in [0.1, 0.15) is 11.3 Å². The molecule has 0 saturated carbocycles. The minimum atomic E-state index is -3.98. The van der Waals surface area contributed by atoms with E-state index < -0.39 is 21.5 Å². The first kappa shape index (κ1) is 21.4. The lowest BCUT2D eigenvalue weighted by Crippen LogP contribution is -2.54. The molecule has 7 nitrogen and oxygen atoms in total. The number of carbonyl (C=O) groups is 2. The summed E-state index contributed by atoms with van der Waals surface area (Å²) >= 11 is 0. The number of carbonyl (C=O) groups excluding carboxylic acids is 1. The average Bonchev–Trinajstić information content (AvgIpc) is 2.61. The number of carboxylic acid groups (broad SMARTS) is 1. The minimum absolute atomic E-state index is 0.0212. The number of piperidine rings is 1. The first-order chi connectivity index (χ1) is 12.6. The summed E-state index contributed by atoms with van der Waals surface area (Å²) in [5.41, 5.74) is -0.678. The second-order valence-corrected chi connectivity index (χ2v) is 9.15. The number of benzene rings is 1. The SMILES string of the molecule is CC[C@@](CC(C)C)(NS(=O)(=O)c1ccc(N2CCC(=O)CC2)cc1)C(=O)O. The molecule has 2 rings (SSSR count). The molecule has 0 aromatic heterocycles. The van der Waals surface area contributed by atoms with Gasteiger partial charge in [0, 0.05) is 31.6 Å². The van der Waals surface area contributed by atoms with Crippen molar-refractivity contribution in [3.63, 3.8) is 0 Å². The largest absolute Gasteiger partial charge is 0.480 e. The second kappa shape index (κ2) is 8.39. The van der Waals surface area contributed by atoms with Crippen molar-refractivity contribution in [2.45, 2.75) is 56.9 Å². The summed E-state index contributed by atoms with van der Waals surface area (Å²) < 4.78 is 28.0. The fraction of sp³-hybridized carbons (Fsp3) is 0.579. The van der Waals surface area contributed by atoms with Crippen LogP contribution in [0.4, 0.5) is 5.69 Å². The molecule has 27 heavy (non-hydrogen) atoms. The molecule has 150 valence electrons. The zero-order valence-corrected chi connectivity index (χ0v) is 16.9. The van der Waals surface area contributed by atoms with Crippen molar-refractivity contribution >= 4 is 27.5 Å². The van der Waals surface area contributed by atoms with E-state index >= 15 is 0 Å². The van der Waals surface area contributed by atoms with Crippen molar-refractivity contribution in [2.75, 3.05) is 18.0 Å². The first-order valence-corrected chi connectivity index (χ1v) is 10.7. The van der Waals surface area contributed by atoms with Gasteiger partial charge in [0.2, 0.25) is 10.0 Å². The van der Waals surface area contributed by atoms with Crippen molar-refractivity contribution in [3.8, 4) is 0 Å². The van der Waals surface area contributed by atoms with Crippen LogP contribution in [0.5, 0.6) is 0 Å². The second-order valence-electron chi connectivity index (χ2n) is 7.46. The maximum absolute atomic E-state index is 12.8. The van der Waals surface area contributed by atoms with Crippen LogP contribution in [0.1, 0.15) is 46.5 Å². The molecular weight excluding hydrogens is 368 g/mol. The Labute approximate surface area is 160 Å². The molecule has 0 radical (unpaired) electrons. The van der Waals surface area contributed by atoms with Gasteiger partial charge in [-0.2, -0.15) is 4.72 Å². The summed E-state index contributed by atoms with van der Waals surface area (Å²) in [7, 11) is -3.98. The molecule has 1 saturated heterocycles. The Kier molecular flexibility index (Phi) is 6.64. The number of nitrogens with zero attached hydrogens (tertiary/aromatic N) is 1. The van der Waals surface area contributed by atoms with Crippen LogP contribution in [0.25, 0.3) is 0 Å². The number of sulfonamides is 1. The molecule has 1 heterocycles. The minimum Gasteiger partial charge on any atom is -0.480 e. The fourth-order valence-corrected chi connectivity index (χ4v) is 4.85. The predicted octanol–water partition coefficient (Wildman–Crippen LogP) is 2.41. The van der Waals surface area contributed by atoms with Crippen LogP contribution >= 0.6 is 0 Å². The van der Waals surface area contributed by atoms with E-state index in [0.717, 1.165) is 5.69 Å². The predicted molar refractivity (Wildman–Crippen MR) is 103 cm³/mol. The number of rotatable bonds is 8. The summed E-state index contributed by atoms with van der Waals surface area (Å²) in [6.07, 6.45) is 1.35. The third kappa shape index (κ3) is 5.07. The Balaban J connectivity index is 2.22. The third-order valence-electron chi connectivity index (χ3n) is 4.93. The molecule has 0 bridgehead atoms. The molecule has 1 aromatic rings. The lowest BCUT2D eigenvalue weighted by molar-refractivity contribution is -0.145. The molecule has 2 N–H and O–H groups in total. The molecule has 1 aliphatic rings. The Morgan fingerprint density at radius 2 is 1.78 bits per heavy atom. The lowest BCUT2D eigenvalue weighted by Gasteiger charge is -2.31. The van der Waals surface area contributed by atoms with Gasteiger partial charge in [0.25, 0.3) is 0 Å². The van der Waals surface area contributed by atoms with E-state index in [1.54, 1.807) is 19.1 Å². The van der Waals surface area contributed by atoms with E-state index in [1.165, 1.54) is 12.1 Å². The Morgan fingerprint density at radius 1 is 1.22 bits per heavy atom. The van der Waals surface area contributed by atoms with Gasteiger partial charge in [-0.25, -0.2) is 8.42 Å². The third-order valence-corrected chi connectivity index (χ3v) is 6.48. The van der Waals surface area contributed by atoms with Gasteiger partial charge < -0.3 is 10.0 Å². The summed E-state index contributed by atoms with van der Waals surface area (Å²) in [5, 5.41) is 9.66. The van der Waals surface area contributed by atoms with Gasteiger partial charge in [-0.1, -0.05) is 20.8 Å². The summed E-state index contributed by atoms with van der Waals surface area (Å²) in [5.74, 6) is -0.908. The summed E-state index contributed by atoms with van der Waals surface area (Å²) in [6, 6.07) is 6.35. The van der Waals surface area contributed by atoms with Crippen LogP contribution in [0.15, 0.2) is 29.2 Å². The van der Waals surface area contributed by atoms with Crippen molar-refractivity contribution in [3.05, 3.63) is 24.3 Å². The van der Waals surface area contributed by atoms with Crippen molar-refractivity contribution in [1.29, 1.82) is 0 Å². The number of anilines is 1. The van der Waals surface area contributed by atoms with Gasteiger partial charge in [-0.05, 0) is 43.0 Å². The quantitative estimate of drug-likeness (QED) is 0.699. The summed E-state index contributed by atoms with van der Waals surface area (Å²) in [6.45, 7) is 6.63. The van der Waals surface area contributed by atoms with Gasteiger partial charge >= 0.3 is 5.97 Å². The lowest BCUT2D eigenvalue weighted by atomic mass is 9.87. The molecule has 0 spiro atoms. The highest BCUT2D eigenvalue weighted by Crippen LogP contribution is 2.26. The molecule has 1 aromatic carbocycles. The highest BCUT2D eigenvalue weighted by Gasteiger charge is 2.41. The Morgan fingerprint density at radius 3 is 2.22 bits per heavy atom. The number of nitrogens with one attached hydrogen (secondary N) is 1. The van der Waals surface area contributed by atoms with Crippen LogP contribution in [-0.4, -0.2) is 43.9 Å². The fourth-order valence-electron chi connectivity index (χ4n) is 3.40. The zero-order valence-electron chi connectivity index (χ0n) is 16.1. The molecule has 1 fully saturated rings. The number of Topliss-reactive ketones (excluding diaryl/α,β-unsaturated/α-hetero) is 1. The molecule has 0 aliphatic carbocycles. The normalized spacial score (nSPS) is 17.8. The number of hydrogen-bond acceptors (Lipinski definition) is 5. The Bertz CT molecular complexity index is 779. The van der Waals surface area contributed by atoms with Gasteiger partial charge in [0.05, 0.1) is 4.90 Å². The topological polar surface area (TPSA) is 104 Å². The average molecular weight is 397 g/mol. The molecule has 0 unspecified atom stereocenters. The van der Waals surface area contributed by atoms with Crippen LogP contribution in [0.3, 0.4) is 0 Å². The molecule has 1 atom stereocenters. The van der Waals surface area contributed by atoms with Crippen LogP contribution in [-0.2, 0) is 19.6 Å². The van der Waals surface area contributed by atoms with Crippen molar-refractivity contribution in [2.24, 2.45) is 5.92 Å². The van der Waals surface area contributed by atoms with E-state index in [9.17, 15) is 23.1 Å². The number of aliphatic carboxylic acids is 1. The first-order valence-electron chi connectivity index (χ1n) is 9.24. The van der Waals surface area contributed by atoms with E-state index in [0.29, 0.717) is 25.9 Å². The Hall–Kier alpha value is -1.93. The number of carboxylic acids is 1. The number of hydrogen-bond donors (Lipinski definition) is 2. The van der Waals surface area contributed by atoms with Crippen molar-refractivity contribution < 1.29 is 23.1 Å². The van der Waals surface area contributed by atoms with Crippen LogP contribution in [0.2, 0.25) is 0 Å².